The third-order valence-corrected chi connectivity index (χ3v) is 6.60. The van der Waals surface area contributed by atoms with E-state index in [2.05, 4.69) is 5.32 Å². The first-order valence-corrected chi connectivity index (χ1v) is 11.1. The second kappa shape index (κ2) is 7.41. The molecule has 2 aliphatic rings. The van der Waals surface area contributed by atoms with Crippen molar-refractivity contribution in [1.82, 2.24) is 5.32 Å². The molecule has 7 nitrogen and oxygen atoms in total. The van der Waals surface area contributed by atoms with Gasteiger partial charge < -0.3 is 19.5 Å². The molecule has 1 aliphatic carbocycles. The first-order chi connectivity index (χ1) is 13.3. The number of benzene rings is 1. The third kappa shape index (κ3) is 4.99. The van der Waals surface area contributed by atoms with Crippen LogP contribution in [0.2, 0.25) is 0 Å². The molecule has 0 aromatic heterocycles. The molecule has 3 atom stereocenters. The number of hydrogen-bond acceptors (Lipinski definition) is 6. The number of sulfone groups is 1. The summed E-state index contributed by atoms with van der Waals surface area (Å²) in [5.74, 6) is -0.886. The van der Waals surface area contributed by atoms with Crippen LogP contribution >= 0.6 is 0 Å². The lowest BCUT2D eigenvalue weighted by Gasteiger charge is -2.32. The fourth-order valence-corrected chi connectivity index (χ4v) is 5.01. The lowest BCUT2D eigenvalue weighted by molar-refractivity contribution is -0.145. The SMILES string of the molecule is Cc1ccc(S(=O)(=O)C2=C[C@H]3OC(C)(C)O[C@H]3[C@@H](NC(=O)OC(C)(C)C)C2)cc1. The van der Waals surface area contributed by atoms with Gasteiger partial charge >= 0.3 is 6.09 Å². The highest BCUT2D eigenvalue weighted by Gasteiger charge is 2.49. The van der Waals surface area contributed by atoms with Crippen LogP contribution in [-0.2, 0) is 24.0 Å². The van der Waals surface area contributed by atoms with Gasteiger partial charge in [-0.2, -0.15) is 0 Å². The monoisotopic (exact) mass is 423 g/mol. The van der Waals surface area contributed by atoms with Gasteiger partial charge in [0.1, 0.15) is 17.8 Å². The predicted molar refractivity (Wildman–Crippen MR) is 108 cm³/mol. The summed E-state index contributed by atoms with van der Waals surface area (Å²) < 4.78 is 43.6. The van der Waals surface area contributed by atoms with Crippen molar-refractivity contribution in [2.24, 2.45) is 0 Å². The summed E-state index contributed by atoms with van der Waals surface area (Å²) in [6.07, 6.45) is -0.0234. The number of fused-ring (bicyclic) bond motifs is 1. The van der Waals surface area contributed by atoms with Crippen molar-refractivity contribution in [3.8, 4) is 0 Å². The van der Waals surface area contributed by atoms with Crippen molar-refractivity contribution >= 4 is 15.9 Å². The molecule has 0 bridgehead atoms. The maximum Gasteiger partial charge on any atom is 0.407 e. The highest BCUT2D eigenvalue weighted by atomic mass is 32.2. The minimum Gasteiger partial charge on any atom is -0.444 e. The lowest BCUT2D eigenvalue weighted by atomic mass is 9.96. The van der Waals surface area contributed by atoms with Crippen LogP contribution in [0.5, 0.6) is 0 Å². The van der Waals surface area contributed by atoms with Gasteiger partial charge in [-0.15, -0.1) is 0 Å². The van der Waals surface area contributed by atoms with Crippen molar-refractivity contribution in [2.75, 3.05) is 0 Å². The van der Waals surface area contributed by atoms with Crippen LogP contribution in [0.15, 0.2) is 40.1 Å². The van der Waals surface area contributed by atoms with Crippen molar-refractivity contribution in [2.45, 2.75) is 82.5 Å². The van der Waals surface area contributed by atoms with E-state index < -0.39 is 45.6 Å². The van der Waals surface area contributed by atoms with Gasteiger partial charge in [0.25, 0.3) is 0 Å². The van der Waals surface area contributed by atoms with Gasteiger partial charge in [0.2, 0.25) is 9.84 Å². The number of rotatable bonds is 3. The van der Waals surface area contributed by atoms with Gasteiger partial charge in [0.05, 0.1) is 15.8 Å². The third-order valence-electron chi connectivity index (χ3n) is 4.71. The molecule has 1 aromatic carbocycles. The Kier molecular flexibility index (Phi) is 5.57. The maximum atomic E-state index is 13.2. The maximum absolute atomic E-state index is 13.2. The van der Waals surface area contributed by atoms with Crippen LogP contribution in [0.4, 0.5) is 4.79 Å². The Morgan fingerprint density at radius 1 is 1.17 bits per heavy atom. The van der Waals surface area contributed by atoms with Crippen LogP contribution in [0, 0.1) is 6.92 Å². The molecule has 1 N–H and O–H groups in total. The van der Waals surface area contributed by atoms with E-state index in [1.54, 1.807) is 65.0 Å². The Bertz CT molecular complexity index is 911. The van der Waals surface area contributed by atoms with Crippen LogP contribution < -0.4 is 5.32 Å². The molecule has 160 valence electrons. The molecule has 1 aliphatic heterocycles. The molecule has 0 spiro atoms. The highest BCUT2D eigenvalue weighted by molar-refractivity contribution is 7.95. The number of nitrogens with one attached hydrogen (secondary N) is 1. The molecule has 29 heavy (non-hydrogen) atoms. The van der Waals surface area contributed by atoms with Gasteiger partial charge in [0, 0.05) is 6.42 Å². The van der Waals surface area contributed by atoms with Crippen LogP contribution in [0.1, 0.15) is 46.6 Å². The Morgan fingerprint density at radius 2 is 1.79 bits per heavy atom. The Morgan fingerprint density at radius 3 is 2.38 bits per heavy atom. The zero-order chi connectivity index (χ0) is 21.6. The quantitative estimate of drug-likeness (QED) is 0.801. The summed E-state index contributed by atoms with van der Waals surface area (Å²) in [5, 5.41) is 2.78. The molecule has 1 aromatic rings. The summed E-state index contributed by atoms with van der Waals surface area (Å²) >= 11 is 0. The van der Waals surface area contributed by atoms with E-state index in [4.69, 9.17) is 14.2 Å². The number of carbonyl (C=O) groups is 1. The van der Waals surface area contributed by atoms with Crippen molar-refractivity contribution in [3.05, 3.63) is 40.8 Å². The first kappa shape index (κ1) is 21.8. The number of amides is 1. The van der Waals surface area contributed by atoms with Gasteiger partial charge in [-0.1, -0.05) is 17.7 Å². The van der Waals surface area contributed by atoms with Crippen molar-refractivity contribution in [3.63, 3.8) is 0 Å². The molecule has 0 saturated carbocycles. The fourth-order valence-electron chi connectivity index (χ4n) is 3.50. The molecule has 1 amide bonds. The number of ether oxygens (including phenoxy) is 3. The van der Waals surface area contributed by atoms with E-state index in [1.807, 2.05) is 6.92 Å². The molecule has 1 heterocycles. The number of hydrogen-bond donors (Lipinski definition) is 1. The number of aryl methyl sites for hydroxylation is 1. The minimum absolute atomic E-state index is 0.0933. The van der Waals surface area contributed by atoms with E-state index >= 15 is 0 Å². The summed E-state index contributed by atoms with van der Waals surface area (Å²) in [7, 11) is -3.73. The molecule has 0 radical (unpaired) electrons. The van der Waals surface area contributed by atoms with Crippen molar-refractivity contribution in [1.29, 1.82) is 0 Å². The average molecular weight is 424 g/mol. The van der Waals surface area contributed by atoms with E-state index in [1.165, 1.54) is 0 Å². The Hall–Kier alpha value is -1.90. The summed E-state index contributed by atoms with van der Waals surface area (Å²) in [6.45, 7) is 10.7. The van der Waals surface area contributed by atoms with Crippen LogP contribution in [-0.4, -0.2) is 44.1 Å². The van der Waals surface area contributed by atoms with E-state index in [9.17, 15) is 13.2 Å². The minimum atomic E-state index is -3.73. The molecule has 1 saturated heterocycles. The van der Waals surface area contributed by atoms with Crippen LogP contribution in [0.3, 0.4) is 0 Å². The number of carbonyl (C=O) groups excluding carboxylic acids is 1. The molecular weight excluding hydrogens is 394 g/mol. The molecule has 8 heteroatoms. The second-order valence-corrected chi connectivity index (χ2v) is 11.0. The topological polar surface area (TPSA) is 90.9 Å². The van der Waals surface area contributed by atoms with Crippen LogP contribution in [0.25, 0.3) is 0 Å². The van der Waals surface area contributed by atoms with Crippen molar-refractivity contribution < 1.29 is 27.4 Å². The summed E-state index contributed by atoms with van der Waals surface area (Å²) in [5.41, 5.74) is 0.303. The first-order valence-electron chi connectivity index (χ1n) is 9.64. The Labute approximate surface area is 172 Å². The average Bonchev–Trinajstić information content (AvgIpc) is 2.87. The smallest absolute Gasteiger partial charge is 0.407 e. The van der Waals surface area contributed by atoms with Gasteiger partial charge in [-0.05, 0) is 59.8 Å². The van der Waals surface area contributed by atoms with E-state index in [-0.39, 0.29) is 16.2 Å². The normalized spacial score (nSPS) is 26.4. The molecular formula is C21H29NO6S. The Balaban J connectivity index is 1.91. The molecule has 3 rings (SSSR count). The highest BCUT2D eigenvalue weighted by Crippen LogP contribution is 2.38. The fraction of sp³-hybridized carbons (Fsp3) is 0.571. The predicted octanol–water partition coefficient (Wildman–Crippen LogP) is 3.47. The van der Waals surface area contributed by atoms with Gasteiger partial charge in [-0.3, -0.25) is 0 Å². The largest absolute Gasteiger partial charge is 0.444 e. The van der Waals surface area contributed by atoms with Gasteiger partial charge in [0.15, 0.2) is 5.79 Å². The summed E-state index contributed by atoms with van der Waals surface area (Å²) in [6, 6.07) is 6.09. The zero-order valence-electron chi connectivity index (χ0n) is 17.7. The summed E-state index contributed by atoms with van der Waals surface area (Å²) in [4.78, 5) is 12.8. The van der Waals surface area contributed by atoms with Gasteiger partial charge in [-0.25, -0.2) is 13.2 Å². The molecule has 1 fully saturated rings. The standard InChI is InChI=1S/C21H29NO6S/c1-13-7-9-14(10-8-13)29(24,25)15-11-16(22-19(23)28-20(2,3)4)18-17(12-15)26-21(5,6)27-18/h7-10,12,16-18H,11H2,1-6H3,(H,22,23)/t16-,17+,18-/m0/s1. The van der Waals surface area contributed by atoms with E-state index in [0.717, 1.165) is 5.56 Å². The van der Waals surface area contributed by atoms with E-state index in [0.29, 0.717) is 0 Å². The molecule has 0 unspecified atom stereocenters. The second-order valence-electron chi connectivity index (χ2n) is 8.97. The number of alkyl carbamates (subject to hydrolysis) is 1. The zero-order valence-corrected chi connectivity index (χ0v) is 18.5. The lowest BCUT2D eigenvalue weighted by Crippen LogP contribution is -2.51.